The molecule has 0 amide bonds. The molecule has 0 radical (unpaired) electrons. The van der Waals surface area contributed by atoms with Crippen LogP contribution in [0, 0.1) is 12.7 Å². The quantitative estimate of drug-likeness (QED) is 0.625. The molecule has 25 heavy (non-hydrogen) atoms. The van der Waals surface area contributed by atoms with E-state index in [1.165, 1.54) is 17.2 Å². The van der Waals surface area contributed by atoms with Gasteiger partial charge in [-0.05, 0) is 25.5 Å². The maximum Gasteiger partial charge on any atom is 0.194 e. The fourth-order valence-corrected chi connectivity index (χ4v) is 2.53. The van der Waals surface area contributed by atoms with Crippen molar-refractivity contribution in [2.75, 3.05) is 20.1 Å². The summed E-state index contributed by atoms with van der Waals surface area (Å²) in [5.74, 6) is 0.265. The van der Waals surface area contributed by atoms with Gasteiger partial charge in [-0.3, -0.25) is 4.99 Å². The average molecular weight is 343 g/mol. The summed E-state index contributed by atoms with van der Waals surface area (Å²) in [7, 11) is 1.94. The van der Waals surface area contributed by atoms with Crippen LogP contribution in [-0.4, -0.2) is 36.1 Å². The second-order valence-corrected chi connectivity index (χ2v) is 6.07. The molecule has 5 heteroatoms. The number of nitrogens with zero attached hydrogens (tertiary/aromatic N) is 2. The molecule has 2 N–H and O–H groups in total. The third-order valence-corrected chi connectivity index (χ3v) is 3.92. The summed E-state index contributed by atoms with van der Waals surface area (Å²) in [6, 6.07) is 14.6. The van der Waals surface area contributed by atoms with Gasteiger partial charge in [0.25, 0.3) is 0 Å². The first-order valence-corrected chi connectivity index (χ1v) is 8.48. The molecule has 2 rings (SSSR count). The number of aliphatic hydroxyl groups excluding tert-OH is 1. The molecule has 0 aromatic heterocycles. The van der Waals surface area contributed by atoms with Gasteiger partial charge in [-0.25, -0.2) is 4.39 Å². The van der Waals surface area contributed by atoms with Crippen LogP contribution >= 0.6 is 0 Å². The van der Waals surface area contributed by atoms with Crippen molar-refractivity contribution >= 4 is 5.96 Å². The molecule has 134 valence electrons. The van der Waals surface area contributed by atoms with Gasteiger partial charge in [0.15, 0.2) is 5.96 Å². The van der Waals surface area contributed by atoms with Crippen LogP contribution in [-0.2, 0) is 6.54 Å². The average Bonchev–Trinajstić information content (AvgIpc) is 2.60. The number of nitrogens with one attached hydrogen (secondary N) is 1. The SMILES string of the molecule is CCNC(=NCC(O)c1ccccc1F)N(C)Cc1ccc(C)cc1. The zero-order chi connectivity index (χ0) is 18.2. The molecule has 0 aliphatic rings. The third kappa shape index (κ3) is 5.57. The second-order valence-electron chi connectivity index (χ2n) is 6.07. The summed E-state index contributed by atoms with van der Waals surface area (Å²) in [4.78, 5) is 6.45. The highest BCUT2D eigenvalue weighted by molar-refractivity contribution is 5.79. The third-order valence-electron chi connectivity index (χ3n) is 3.92. The number of rotatable bonds is 6. The molecule has 0 aliphatic carbocycles. The van der Waals surface area contributed by atoms with Gasteiger partial charge in [-0.15, -0.1) is 0 Å². The van der Waals surface area contributed by atoms with Crippen molar-refractivity contribution in [3.63, 3.8) is 0 Å². The molecule has 2 aromatic rings. The molecule has 0 spiro atoms. The van der Waals surface area contributed by atoms with Crippen LogP contribution in [0.1, 0.15) is 29.7 Å². The van der Waals surface area contributed by atoms with Gasteiger partial charge in [0, 0.05) is 25.7 Å². The van der Waals surface area contributed by atoms with E-state index < -0.39 is 11.9 Å². The number of aliphatic imine (C=N–C) groups is 1. The Balaban J connectivity index is 2.06. The molecular formula is C20H26FN3O. The Morgan fingerprint density at radius 1 is 1.20 bits per heavy atom. The number of halogens is 1. The predicted octanol–water partition coefficient (Wildman–Crippen LogP) is 3.27. The first-order chi connectivity index (χ1) is 12.0. The van der Waals surface area contributed by atoms with E-state index >= 15 is 0 Å². The van der Waals surface area contributed by atoms with Crippen molar-refractivity contribution in [1.29, 1.82) is 0 Å². The minimum atomic E-state index is -0.970. The topological polar surface area (TPSA) is 47.9 Å². The Labute approximate surface area is 149 Å². The molecule has 4 nitrogen and oxygen atoms in total. The molecule has 0 heterocycles. The van der Waals surface area contributed by atoms with Crippen LogP contribution in [0.4, 0.5) is 4.39 Å². The van der Waals surface area contributed by atoms with Crippen molar-refractivity contribution in [1.82, 2.24) is 10.2 Å². The van der Waals surface area contributed by atoms with Gasteiger partial charge >= 0.3 is 0 Å². The minimum Gasteiger partial charge on any atom is -0.386 e. The summed E-state index contributed by atoms with van der Waals surface area (Å²) in [5, 5.41) is 13.4. The monoisotopic (exact) mass is 343 g/mol. The van der Waals surface area contributed by atoms with E-state index in [4.69, 9.17) is 0 Å². The molecule has 1 unspecified atom stereocenters. The van der Waals surface area contributed by atoms with E-state index in [2.05, 4.69) is 41.5 Å². The van der Waals surface area contributed by atoms with E-state index in [0.717, 1.165) is 0 Å². The first kappa shape index (κ1) is 18.9. The molecule has 2 aromatic carbocycles. The Morgan fingerprint density at radius 2 is 1.88 bits per heavy atom. The fourth-order valence-electron chi connectivity index (χ4n) is 2.53. The maximum atomic E-state index is 13.8. The van der Waals surface area contributed by atoms with Crippen LogP contribution in [0.3, 0.4) is 0 Å². The summed E-state index contributed by atoms with van der Waals surface area (Å²) in [6.07, 6.45) is -0.970. The van der Waals surface area contributed by atoms with Gasteiger partial charge < -0.3 is 15.3 Å². The lowest BCUT2D eigenvalue weighted by Gasteiger charge is -2.23. The highest BCUT2D eigenvalue weighted by atomic mass is 19.1. The van der Waals surface area contributed by atoms with Crippen molar-refractivity contribution in [3.8, 4) is 0 Å². The van der Waals surface area contributed by atoms with Gasteiger partial charge in [-0.1, -0.05) is 48.0 Å². The highest BCUT2D eigenvalue weighted by Gasteiger charge is 2.13. The smallest absolute Gasteiger partial charge is 0.194 e. The molecule has 1 atom stereocenters. The number of hydrogen-bond donors (Lipinski definition) is 2. The number of aryl methyl sites for hydroxylation is 1. The lowest BCUT2D eigenvalue weighted by molar-refractivity contribution is 0.181. The first-order valence-electron chi connectivity index (χ1n) is 8.48. The summed E-state index contributed by atoms with van der Waals surface area (Å²) in [5.41, 5.74) is 2.66. The molecule has 0 aliphatic heterocycles. The number of aliphatic hydroxyl groups is 1. The van der Waals surface area contributed by atoms with Gasteiger partial charge in [0.2, 0.25) is 0 Å². The van der Waals surface area contributed by atoms with Crippen molar-refractivity contribution in [3.05, 3.63) is 71.0 Å². The van der Waals surface area contributed by atoms with Crippen molar-refractivity contribution < 1.29 is 9.50 Å². The van der Waals surface area contributed by atoms with Crippen molar-refractivity contribution in [2.24, 2.45) is 4.99 Å². The molecule has 0 fully saturated rings. The summed E-state index contributed by atoms with van der Waals surface area (Å²) in [6.45, 7) is 5.56. The zero-order valence-corrected chi connectivity index (χ0v) is 15.0. The molecule has 0 bridgehead atoms. The lowest BCUT2D eigenvalue weighted by Crippen LogP contribution is -2.38. The summed E-state index contributed by atoms with van der Waals surface area (Å²) < 4.78 is 13.8. The summed E-state index contributed by atoms with van der Waals surface area (Å²) >= 11 is 0. The lowest BCUT2D eigenvalue weighted by atomic mass is 10.1. The van der Waals surface area contributed by atoms with Gasteiger partial charge in [-0.2, -0.15) is 0 Å². The zero-order valence-electron chi connectivity index (χ0n) is 15.0. The number of benzene rings is 2. The molecule has 0 saturated heterocycles. The second kappa shape index (κ2) is 9.18. The Kier molecular flexibility index (Phi) is 6.95. The highest BCUT2D eigenvalue weighted by Crippen LogP contribution is 2.17. The standard InChI is InChI=1S/C20H26FN3O/c1-4-22-20(24(3)14-16-11-9-15(2)10-12-16)23-13-19(25)17-7-5-6-8-18(17)21/h5-12,19,25H,4,13-14H2,1-3H3,(H,22,23). The van der Waals surface area contributed by atoms with E-state index in [0.29, 0.717) is 19.0 Å². The van der Waals surface area contributed by atoms with E-state index in [9.17, 15) is 9.50 Å². The molecule has 0 saturated carbocycles. The normalized spacial score (nSPS) is 12.8. The Bertz CT molecular complexity index is 700. The van der Waals surface area contributed by atoms with Crippen LogP contribution in [0.25, 0.3) is 0 Å². The van der Waals surface area contributed by atoms with Gasteiger partial charge in [0.05, 0.1) is 6.54 Å². The van der Waals surface area contributed by atoms with Crippen LogP contribution in [0.15, 0.2) is 53.5 Å². The van der Waals surface area contributed by atoms with Gasteiger partial charge in [0.1, 0.15) is 11.9 Å². The largest absolute Gasteiger partial charge is 0.386 e. The van der Waals surface area contributed by atoms with Crippen LogP contribution in [0.2, 0.25) is 0 Å². The van der Waals surface area contributed by atoms with Crippen molar-refractivity contribution in [2.45, 2.75) is 26.5 Å². The Morgan fingerprint density at radius 3 is 2.52 bits per heavy atom. The fraction of sp³-hybridized carbons (Fsp3) is 0.350. The maximum absolute atomic E-state index is 13.8. The van der Waals surface area contributed by atoms with Crippen LogP contribution in [0.5, 0.6) is 0 Å². The van der Waals surface area contributed by atoms with Crippen LogP contribution < -0.4 is 5.32 Å². The van der Waals surface area contributed by atoms with E-state index in [1.54, 1.807) is 18.2 Å². The number of hydrogen-bond acceptors (Lipinski definition) is 2. The minimum absolute atomic E-state index is 0.0987. The van der Waals surface area contributed by atoms with E-state index in [-0.39, 0.29) is 12.1 Å². The van der Waals surface area contributed by atoms with E-state index in [1.807, 2.05) is 18.9 Å². The predicted molar refractivity (Wildman–Crippen MR) is 100.0 cm³/mol. The Hall–Kier alpha value is -2.40. The number of guanidine groups is 1. The molecular weight excluding hydrogens is 317 g/mol.